The summed E-state index contributed by atoms with van der Waals surface area (Å²) in [7, 11) is 1.64. The van der Waals surface area contributed by atoms with Crippen LogP contribution in [0.4, 0.5) is 0 Å². The Morgan fingerprint density at radius 1 is 0.943 bits per heavy atom. The number of fused-ring (bicyclic) bond motifs is 1. The number of nitrogens with zero attached hydrogens (tertiary/aromatic N) is 2. The Hall–Kier alpha value is -3.71. The molecule has 7 nitrogen and oxygen atoms in total. The maximum absolute atomic E-state index is 12.1. The van der Waals surface area contributed by atoms with Crippen molar-refractivity contribution in [2.24, 2.45) is 0 Å². The molecule has 1 amide bonds. The highest BCUT2D eigenvalue weighted by atomic mass is 35.5. The molecule has 4 aromatic rings. The number of carbonyl (C=O) groups is 1. The van der Waals surface area contributed by atoms with Crippen molar-refractivity contribution >= 4 is 28.5 Å². The second kappa shape index (κ2) is 12.1. The van der Waals surface area contributed by atoms with Crippen LogP contribution in [-0.4, -0.2) is 42.3 Å². The van der Waals surface area contributed by atoms with E-state index in [-0.39, 0.29) is 12.5 Å². The van der Waals surface area contributed by atoms with Gasteiger partial charge in [0, 0.05) is 18.0 Å². The van der Waals surface area contributed by atoms with Gasteiger partial charge in [-0.3, -0.25) is 4.79 Å². The molecule has 0 unspecified atom stereocenters. The fourth-order valence-corrected chi connectivity index (χ4v) is 3.82. The lowest BCUT2D eigenvalue weighted by Crippen LogP contribution is -2.30. The number of hydrogen-bond acceptors (Lipinski definition) is 5. The molecule has 0 aliphatic heterocycles. The number of aryl methyl sites for hydroxylation is 1. The quantitative estimate of drug-likeness (QED) is 0.284. The van der Waals surface area contributed by atoms with Gasteiger partial charge in [0.25, 0.3) is 5.91 Å². The number of methoxy groups -OCH3 is 1. The molecule has 0 bridgehead atoms. The predicted octanol–water partition coefficient (Wildman–Crippen LogP) is 4.91. The molecule has 0 spiro atoms. The first-order valence-corrected chi connectivity index (χ1v) is 11.9. The van der Waals surface area contributed by atoms with Crippen LogP contribution < -0.4 is 19.5 Å². The summed E-state index contributed by atoms with van der Waals surface area (Å²) in [6.45, 7) is 1.68. The molecule has 3 aromatic carbocycles. The molecule has 0 aliphatic carbocycles. The standard InChI is InChI=1S/C27H28ClN3O4/c1-33-21-12-14-22(15-13-21)34-18-17-31-25-6-3-2-5-24(25)30-26(31)7-4-16-29-27(32)19-35-23-10-8-20(28)9-11-23/h2-3,5-6,8-15H,4,7,16-19H2,1H3,(H,29,32). The molecule has 0 fully saturated rings. The molecule has 8 heteroatoms. The number of nitrogens with one attached hydrogen (secondary N) is 1. The van der Waals surface area contributed by atoms with Crippen LogP contribution in [0.5, 0.6) is 17.2 Å². The third-order valence-electron chi connectivity index (χ3n) is 5.46. The molecule has 0 atom stereocenters. The first kappa shape index (κ1) is 24.4. The topological polar surface area (TPSA) is 74.6 Å². The van der Waals surface area contributed by atoms with Gasteiger partial charge in [-0.15, -0.1) is 0 Å². The SMILES string of the molecule is COc1ccc(OCCn2c(CCCNC(=O)COc3ccc(Cl)cc3)nc3ccccc32)cc1. The fraction of sp³-hybridized carbons (Fsp3) is 0.259. The lowest BCUT2D eigenvalue weighted by Gasteiger charge is -2.12. The van der Waals surface area contributed by atoms with Gasteiger partial charge in [0.05, 0.1) is 24.7 Å². The predicted molar refractivity (Wildman–Crippen MR) is 136 cm³/mol. The second-order valence-electron chi connectivity index (χ2n) is 7.89. The fourth-order valence-electron chi connectivity index (χ4n) is 3.70. The van der Waals surface area contributed by atoms with Gasteiger partial charge < -0.3 is 24.1 Å². The Kier molecular flexibility index (Phi) is 8.46. The zero-order valence-electron chi connectivity index (χ0n) is 19.6. The Balaban J connectivity index is 1.27. The molecular weight excluding hydrogens is 466 g/mol. The maximum Gasteiger partial charge on any atom is 0.257 e. The van der Waals surface area contributed by atoms with Crippen LogP contribution in [0, 0.1) is 0 Å². The average Bonchev–Trinajstić information content (AvgIpc) is 3.24. The zero-order valence-corrected chi connectivity index (χ0v) is 20.3. The highest BCUT2D eigenvalue weighted by Crippen LogP contribution is 2.19. The number of aromatic nitrogens is 2. The maximum atomic E-state index is 12.1. The lowest BCUT2D eigenvalue weighted by molar-refractivity contribution is -0.123. The van der Waals surface area contributed by atoms with Crippen molar-refractivity contribution in [3.8, 4) is 17.2 Å². The van der Waals surface area contributed by atoms with E-state index in [0.717, 1.165) is 41.2 Å². The van der Waals surface area contributed by atoms with E-state index in [2.05, 4.69) is 16.0 Å². The number of carbonyl (C=O) groups excluding carboxylic acids is 1. The molecular formula is C27H28ClN3O4. The number of imidazole rings is 1. The molecule has 182 valence electrons. The number of hydrogen-bond donors (Lipinski definition) is 1. The molecule has 4 rings (SSSR count). The van der Waals surface area contributed by atoms with Gasteiger partial charge in [0.2, 0.25) is 0 Å². The summed E-state index contributed by atoms with van der Waals surface area (Å²) in [5, 5.41) is 3.52. The zero-order chi connectivity index (χ0) is 24.5. The number of para-hydroxylation sites is 2. The van der Waals surface area contributed by atoms with Crippen molar-refractivity contribution in [3.63, 3.8) is 0 Å². The van der Waals surface area contributed by atoms with Crippen LogP contribution in [0.1, 0.15) is 12.2 Å². The van der Waals surface area contributed by atoms with E-state index in [1.165, 1.54) is 0 Å². The van der Waals surface area contributed by atoms with Gasteiger partial charge in [-0.2, -0.15) is 0 Å². The summed E-state index contributed by atoms with van der Waals surface area (Å²) >= 11 is 5.86. The number of halogens is 1. The second-order valence-corrected chi connectivity index (χ2v) is 8.32. The number of benzene rings is 3. The van der Waals surface area contributed by atoms with Gasteiger partial charge >= 0.3 is 0 Å². The minimum absolute atomic E-state index is 0.0388. The lowest BCUT2D eigenvalue weighted by atomic mass is 10.3. The first-order chi connectivity index (χ1) is 17.1. The molecule has 0 saturated carbocycles. The van der Waals surface area contributed by atoms with Gasteiger partial charge in [0.15, 0.2) is 6.61 Å². The summed E-state index contributed by atoms with van der Waals surface area (Å²) in [4.78, 5) is 16.9. The van der Waals surface area contributed by atoms with Gasteiger partial charge in [-0.1, -0.05) is 23.7 Å². The normalized spacial score (nSPS) is 10.8. The van der Waals surface area contributed by atoms with Crippen molar-refractivity contribution in [1.82, 2.24) is 14.9 Å². The van der Waals surface area contributed by atoms with E-state index in [9.17, 15) is 4.79 Å². The summed E-state index contributed by atoms with van der Waals surface area (Å²) in [5.41, 5.74) is 2.02. The van der Waals surface area contributed by atoms with Crippen LogP contribution in [0.3, 0.4) is 0 Å². The Bertz CT molecular complexity index is 1240. The largest absolute Gasteiger partial charge is 0.497 e. The van der Waals surface area contributed by atoms with Crippen molar-refractivity contribution in [3.05, 3.63) is 83.6 Å². The smallest absolute Gasteiger partial charge is 0.257 e. The van der Waals surface area contributed by atoms with Crippen LogP contribution in [0.15, 0.2) is 72.8 Å². The molecule has 1 N–H and O–H groups in total. The molecule has 0 saturated heterocycles. The number of amides is 1. The Morgan fingerprint density at radius 2 is 1.63 bits per heavy atom. The van der Waals surface area contributed by atoms with E-state index in [1.54, 1.807) is 31.4 Å². The van der Waals surface area contributed by atoms with E-state index < -0.39 is 0 Å². The molecule has 1 aromatic heterocycles. The summed E-state index contributed by atoms with van der Waals surface area (Å²) < 4.78 is 18.8. The summed E-state index contributed by atoms with van der Waals surface area (Å²) in [6, 6.07) is 22.5. The molecule has 0 aliphatic rings. The van der Waals surface area contributed by atoms with E-state index >= 15 is 0 Å². The minimum Gasteiger partial charge on any atom is -0.497 e. The van der Waals surface area contributed by atoms with Crippen LogP contribution in [0.25, 0.3) is 11.0 Å². The van der Waals surface area contributed by atoms with Gasteiger partial charge in [-0.05, 0) is 67.1 Å². The molecule has 35 heavy (non-hydrogen) atoms. The van der Waals surface area contributed by atoms with Crippen molar-refractivity contribution in [2.45, 2.75) is 19.4 Å². The van der Waals surface area contributed by atoms with Crippen LogP contribution in [-0.2, 0) is 17.8 Å². The number of ether oxygens (including phenoxy) is 3. The van der Waals surface area contributed by atoms with Crippen molar-refractivity contribution in [1.29, 1.82) is 0 Å². The van der Waals surface area contributed by atoms with Crippen molar-refractivity contribution < 1.29 is 19.0 Å². The summed E-state index contributed by atoms with van der Waals surface area (Å²) in [5.74, 6) is 3.00. The molecule has 0 radical (unpaired) electrons. The van der Waals surface area contributed by atoms with E-state index in [1.807, 2.05) is 42.5 Å². The van der Waals surface area contributed by atoms with E-state index in [4.69, 9.17) is 30.8 Å². The summed E-state index contributed by atoms with van der Waals surface area (Å²) in [6.07, 6.45) is 1.49. The third kappa shape index (κ3) is 6.90. The van der Waals surface area contributed by atoms with Crippen LogP contribution in [0.2, 0.25) is 5.02 Å². The van der Waals surface area contributed by atoms with Crippen molar-refractivity contribution in [2.75, 3.05) is 26.9 Å². The van der Waals surface area contributed by atoms with Gasteiger partial charge in [-0.25, -0.2) is 4.98 Å². The molecule has 1 heterocycles. The monoisotopic (exact) mass is 493 g/mol. The number of rotatable bonds is 12. The first-order valence-electron chi connectivity index (χ1n) is 11.5. The Labute approximate surface area is 209 Å². The van der Waals surface area contributed by atoms with Gasteiger partial charge in [0.1, 0.15) is 29.7 Å². The van der Waals surface area contributed by atoms with Crippen LogP contribution >= 0.6 is 11.6 Å². The highest BCUT2D eigenvalue weighted by molar-refractivity contribution is 6.30. The van der Waals surface area contributed by atoms with E-state index in [0.29, 0.717) is 30.5 Å². The third-order valence-corrected chi connectivity index (χ3v) is 5.71. The minimum atomic E-state index is -0.165. The average molecular weight is 494 g/mol. The Morgan fingerprint density at radius 3 is 2.40 bits per heavy atom. The highest BCUT2D eigenvalue weighted by Gasteiger charge is 2.11.